The van der Waals surface area contributed by atoms with Crippen LogP contribution in [0.4, 0.5) is 11.5 Å². The second-order valence-corrected chi connectivity index (χ2v) is 12.1. The Labute approximate surface area is 216 Å². The van der Waals surface area contributed by atoms with Crippen LogP contribution in [0.3, 0.4) is 0 Å². The van der Waals surface area contributed by atoms with Crippen LogP contribution in [0.2, 0.25) is 0 Å². The number of sulfonamides is 1. The van der Waals surface area contributed by atoms with Crippen molar-refractivity contribution in [2.24, 2.45) is 5.92 Å². The Bertz CT molecular complexity index is 1570. The molecule has 2 N–H and O–H groups in total. The molecule has 4 heterocycles. The predicted octanol–water partition coefficient (Wildman–Crippen LogP) is 4.33. The van der Waals surface area contributed by atoms with E-state index in [1.54, 1.807) is 16.7 Å². The van der Waals surface area contributed by atoms with E-state index >= 15 is 0 Å². The first-order valence-corrected chi connectivity index (χ1v) is 14.4. The topological polar surface area (TPSA) is 113 Å². The highest BCUT2D eigenvalue weighted by atomic mass is 32.2. The highest BCUT2D eigenvalue weighted by Crippen LogP contribution is 2.31. The molecular formula is C27H32N6O3S. The first-order valence-electron chi connectivity index (χ1n) is 12.5. The van der Waals surface area contributed by atoms with Gasteiger partial charge in [0.2, 0.25) is 10.0 Å². The summed E-state index contributed by atoms with van der Waals surface area (Å²) in [5, 5.41) is 9.11. The molecular weight excluding hydrogens is 488 g/mol. The van der Waals surface area contributed by atoms with Crippen LogP contribution in [0.15, 0.2) is 59.8 Å². The molecule has 0 amide bonds. The fraction of sp³-hybridized carbons (Fsp3) is 0.370. The Kier molecular flexibility index (Phi) is 6.87. The first-order chi connectivity index (χ1) is 17.7. The van der Waals surface area contributed by atoms with Gasteiger partial charge in [0.15, 0.2) is 0 Å². The van der Waals surface area contributed by atoms with Crippen LogP contribution in [-0.4, -0.2) is 51.8 Å². The van der Waals surface area contributed by atoms with E-state index in [4.69, 9.17) is 4.98 Å². The molecule has 1 aromatic carbocycles. The third-order valence-corrected chi connectivity index (χ3v) is 8.11. The lowest BCUT2D eigenvalue weighted by molar-refractivity contribution is 0.321. The van der Waals surface area contributed by atoms with E-state index in [1.165, 1.54) is 11.8 Å². The lowest BCUT2D eigenvalue weighted by Gasteiger charge is -2.30. The van der Waals surface area contributed by atoms with Crippen molar-refractivity contribution >= 4 is 32.3 Å². The molecule has 0 spiro atoms. The molecule has 9 nitrogen and oxygen atoms in total. The minimum atomic E-state index is -3.14. The van der Waals surface area contributed by atoms with E-state index < -0.39 is 10.0 Å². The second kappa shape index (κ2) is 10.1. The van der Waals surface area contributed by atoms with Crippen molar-refractivity contribution in [1.29, 1.82) is 0 Å². The summed E-state index contributed by atoms with van der Waals surface area (Å²) in [6, 6.07) is 11.9. The quantitative estimate of drug-likeness (QED) is 0.375. The summed E-state index contributed by atoms with van der Waals surface area (Å²) in [6.07, 6.45) is 8.29. The summed E-state index contributed by atoms with van der Waals surface area (Å²) in [4.78, 5) is 20.3. The van der Waals surface area contributed by atoms with E-state index in [0.717, 1.165) is 41.7 Å². The van der Waals surface area contributed by atoms with E-state index in [9.17, 15) is 13.2 Å². The van der Waals surface area contributed by atoms with Gasteiger partial charge in [0.25, 0.3) is 5.56 Å². The third kappa shape index (κ3) is 5.60. The van der Waals surface area contributed by atoms with Gasteiger partial charge < -0.3 is 10.3 Å². The van der Waals surface area contributed by atoms with Crippen molar-refractivity contribution in [3.05, 3.63) is 70.9 Å². The summed E-state index contributed by atoms with van der Waals surface area (Å²) >= 11 is 0. The van der Waals surface area contributed by atoms with E-state index in [-0.39, 0.29) is 5.56 Å². The monoisotopic (exact) mass is 520 g/mol. The summed E-state index contributed by atoms with van der Waals surface area (Å²) in [7, 11) is -3.14. The van der Waals surface area contributed by atoms with Crippen LogP contribution in [-0.2, 0) is 16.6 Å². The van der Waals surface area contributed by atoms with Crippen molar-refractivity contribution in [3.63, 3.8) is 0 Å². The summed E-state index contributed by atoms with van der Waals surface area (Å²) < 4.78 is 27.1. The fourth-order valence-corrected chi connectivity index (χ4v) is 5.79. The molecule has 1 saturated heterocycles. The Balaban J connectivity index is 1.41. The molecule has 194 valence electrons. The number of nitrogens with one attached hydrogen (secondary N) is 2. The average Bonchev–Trinajstić information content (AvgIpc) is 3.32. The molecule has 0 saturated carbocycles. The summed E-state index contributed by atoms with van der Waals surface area (Å²) in [5.74, 6) is 1.28. The van der Waals surface area contributed by atoms with Crippen LogP contribution in [0.1, 0.15) is 38.2 Å². The number of pyridine rings is 2. The van der Waals surface area contributed by atoms with Crippen molar-refractivity contribution in [3.8, 4) is 11.3 Å². The van der Waals surface area contributed by atoms with Crippen LogP contribution in [0.25, 0.3) is 22.0 Å². The number of nitrogens with zero attached hydrogens (tertiary/aromatic N) is 4. The highest BCUT2D eigenvalue weighted by molar-refractivity contribution is 7.88. The first kappa shape index (κ1) is 25.2. The zero-order valence-electron chi connectivity index (χ0n) is 21.3. The molecule has 0 unspecified atom stereocenters. The van der Waals surface area contributed by atoms with Crippen molar-refractivity contribution < 1.29 is 8.42 Å². The number of anilines is 2. The molecule has 1 aliphatic heterocycles. The van der Waals surface area contributed by atoms with Crippen LogP contribution < -0.4 is 10.9 Å². The van der Waals surface area contributed by atoms with E-state index in [1.807, 2.05) is 35.1 Å². The SMILES string of the molecule is CC(C)Cn1cc(-c2cc3cc[nH]c(=O)c3c(Nc3ccc(C4CCN(S(C)(=O)=O)CC4)cc3)n2)cn1. The standard InChI is InChI=1S/C27H32N6O3S/c1-18(2)16-32-17-22(15-29-32)24-14-21-8-11-28-27(34)25(21)26(31-24)30-23-6-4-19(5-7-23)20-9-12-33(13-10-20)37(3,35)36/h4-8,11,14-15,17-18,20H,9-10,12-13,16H2,1-3H3,(H,28,34)(H,30,31). The zero-order chi connectivity index (χ0) is 26.2. The minimum absolute atomic E-state index is 0.205. The number of H-pyrrole nitrogens is 1. The number of benzene rings is 1. The maximum absolute atomic E-state index is 12.7. The van der Waals surface area contributed by atoms with Crippen LogP contribution in [0.5, 0.6) is 0 Å². The number of hydrogen-bond acceptors (Lipinski definition) is 6. The molecule has 1 aliphatic rings. The number of aromatic amines is 1. The molecule has 5 rings (SSSR count). The Hall–Kier alpha value is -3.50. The van der Waals surface area contributed by atoms with E-state index in [2.05, 4.69) is 41.4 Å². The Morgan fingerprint density at radius 2 is 1.86 bits per heavy atom. The van der Waals surface area contributed by atoms with Crippen molar-refractivity contribution in [2.45, 2.75) is 39.2 Å². The van der Waals surface area contributed by atoms with Gasteiger partial charge in [-0.05, 0) is 59.9 Å². The second-order valence-electron chi connectivity index (χ2n) is 10.2. The summed E-state index contributed by atoms with van der Waals surface area (Å²) in [5.41, 5.74) is 3.43. The van der Waals surface area contributed by atoms with Gasteiger partial charge in [0.1, 0.15) is 5.82 Å². The minimum Gasteiger partial charge on any atom is -0.340 e. The number of aromatic nitrogens is 4. The number of fused-ring (bicyclic) bond motifs is 1. The number of piperidine rings is 1. The van der Waals surface area contributed by atoms with Crippen LogP contribution >= 0.6 is 0 Å². The molecule has 0 aliphatic carbocycles. The van der Waals surface area contributed by atoms with Crippen molar-refractivity contribution in [2.75, 3.05) is 24.7 Å². The Morgan fingerprint density at radius 1 is 1.14 bits per heavy atom. The van der Waals surface area contributed by atoms with Gasteiger partial charge in [-0.3, -0.25) is 9.48 Å². The lowest BCUT2D eigenvalue weighted by Crippen LogP contribution is -2.37. The van der Waals surface area contributed by atoms with Gasteiger partial charge in [-0.25, -0.2) is 17.7 Å². The molecule has 1 fully saturated rings. The highest BCUT2D eigenvalue weighted by Gasteiger charge is 2.25. The molecule has 0 radical (unpaired) electrons. The van der Waals surface area contributed by atoms with E-state index in [0.29, 0.717) is 36.1 Å². The van der Waals surface area contributed by atoms with Gasteiger partial charge in [-0.15, -0.1) is 0 Å². The largest absolute Gasteiger partial charge is 0.340 e. The van der Waals surface area contributed by atoms with Gasteiger partial charge in [0.05, 0.1) is 23.5 Å². The molecule has 0 atom stereocenters. The average molecular weight is 521 g/mol. The fourth-order valence-electron chi connectivity index (χ4n) is 4.92. The maximum atomic E-state index is 12.7. The normalized spacial score (nSPS) is 15.5. The van der Waals surface area contributed by atoms with Gasteiger partial charge in [-0.2, -0.15) is 5.10 Å². The zero-order valence-corrected chi connectivity index (χ0v) is 22.1. The number of hydrogen-bond donors (Lipinski definition) is 2. The lowest BCUT2D eigenvalue weighted by atomic mass is 9.90. The summed E-state index contributed by atoms with van der Waals surface area (Å²) in [6.45, 7) is 6.20. The van der Waals surface area contributed by atoms with Crippen LogP contribution in [0, 0.1) is 5.92 Å². The number of rotatable bonds is 7. The maximum Gasteiger partial charge on any atom is 0.259 e. The Morgan fingerprint density at radius 3 is 2.54 bits per heavy atom. The third-order valence-electron chi connectivity index (χ3n) is 6.80. The van der Waals surface area contributed by atoms with Crippen molar-refractivity contribution in [1.82, 2.24) is 24.1 Å². The molecule has 10 heteroatoms. The smallest absolute Gasteiger partial charge is 0.259 e. The van der Waals surface area contributed by atoms with Gasteiger partial charge in [0, 0.05) is 43.3 Å². The molecule has 0 bridgehead atoms. The van der Waals surface area contributed by atoms with Gasteiger partial charge in [-0.1, -0.05) is 26.0 Å². The molecule has 3 aromatic heterocycles. The van der Waals surface area contributed by atoms with Gasteiger partial charge >= 0.3 is 0 Å². The molecule has 37 heavy (non-hydrogen) atoms. The predicted molar refractivity (Wildman–Crippen MR) is 147 cm³/mol. The molecule has 4 aromatic rings.